The number of rotatable bonds is 7. The van der Waals surface area contributed by atoms with Crippen LogP contribution in [-0.4, -0.2) is 47.0 Å². The zero-order chi connectivity index (χ0) is 32.3. The van der Waals surface area contributed by atoms with Crippen molar-refractivity contribution in [2.75, 3.05) is 23.4 Å². The molecule has 0 aliphatic carbocycles. The Labute approximate surface area is 274 Å². The van der Waals surface area contributed by atoms with Crippen LogP contribution in [0.2, 0.25) is 10.0 Å². The van der Waals surface area contributed by atoms with Gasteiger partial charge in [0.05, 0.1) is 23.1 Å². The highest BCUT2D eigenvalue weighted by Gasteiger charge is 2.71. The molecule has 2 saturated heterocycles. The molecule has 46 heavy (non-hydrogen) atoms. The Morgan fingerprint density at radius 2 is 1.80 bits per heavy atom. The molecule has 4 aromatic carbocycles. The van der Waals surface area contributed by atoms with Crippen LogP contribution in [-0.2, 0) is 21.7 Å². The van der Waals surface area contributed by atoms with Gasteiger partial charge in [0.2, 0.25) is 11.8 Å². The van der Waals surface area contributed by atoms with Crippen LogP contribution < -0.4 is 15.0 Å². The fourth-order valence-corrected chi connectivity index (χ4v) is 7.87. The maximum atomic E-state index is 16.2. The van der Waals surface area contributed by atoms with Crippen molar-refractivity contribution < 1.29 is 28.6 Å². The molecule has 11 heteroatoms. The van der Waals surface area contributed by atoms with E-state index in [2.05, 4.69) is 5.32 Å². The van der Waals surface area contributed by atoms with Crippen LogP contribution in [0, 0.1) is 11.7 Å². The second kappa shape index (κ2) is 11.4. The number of aromatic carboxylic acids is 1. The number of carboxylic acids is 1. The molecule has 3 aliphatic rings. The second-order valence-electron chi connectivity index (χ2n) is 11.6. The van der Waals surface area contributed by atoms with Crippen molar-refractivity contribution >= 4 is 52.4 Å². The number of benzene rings is 4. The minimum Gasteiger partial charge on any atom is -0.494 e. The average molecular weight is 661 g/mol. The van der Waals surface area contributed by atoms with E-state index in [9.17, 15) is 19.5 Å². The summed E-state index contributed by atoms with van der Waals surface area (Å²) in [6.45, 7) is 2.77. The zero-order valence-corrected chi connectivity index (χ0v) is 26.1. The first-order chi connectivity index (χ1) is 22.1. The number of nitrogens with one attached hydrogen (secondary N) is 1. The normalized spacial score (nSPS) is 23.5. The fraction of sp³-hybridized carbons (Fsp3) is 0.229. The van der Waals surface area contributed by atoms with Crippen molar-refractivity contribution in [3.05, 3.63) is 123 Å². The molecule has 4 atom stereocenters. The standard InChI is InChI=1S/C35H28Cl2FN3O5/c1-2-46-23-6-3-5-19(15-23)17-41-28-18-40(22-12-9-20(10-13-22)33(43)44)32(42)29(28)30(24-7-4-8-26(37)31(24)38)35(41)25-14-11-21(36)16-27(25)39-34(35)45/h3-16,28-30H,2,17-18H2,1H3,(H,39,45)(H,43,44)/t28-,29+,30-,35+/m0/s1. The topological polar surface area (TPSA) is 99.2 Å². The molecule has 0 radical (unpaired) electrons. The smallest absolute Gasteiger partial charge is 0.335 e. The summed E-state index contributed by atoms with van der Waals surface area (Å²) in [6.07, 6.45) is 0. The quantitative estimate of drug-likeness (QED) is 0.229. The van der Waals surface area contributed by atoms with Crippen LogP contribution in [0.3, 0.4) is 0 Å². The highest BCUT2D eigenvalue weighted by atomic mass is 35.5. The molecule has 0 unspecified atom stereocenters. The third-order valence-electron chi connectivity index (χ3n) is 9.29. The van der Waals surface area contributed by atoms with Gasteiger partial charge in [-0.2, -0.15) is 0 Å². The Kier molecular flexibility index (Phi) is 7.50. The Morgan fingerprint density at radius 1 is 1.04 bits per heavy atom. The van der Waals surface area contributed by atoms with Gasteiger partial charge in [-0.25, -0.2) is 9.18 Å². The van der Waals surface area contributed by atoms with Gasteiger partial charge in [0.15, 0.2) is 0 Å². The molecular formula is C35H28Cl2FN3O5. The maximum Gasteiger partial charge on any atom is 0.335 e. The molecule has 8 nitrogen and oxygen atoms in total. The molecule has 2 amide bonds. The Balaban J connectivity index is 1.45. The molecule has 3 aliphatic heterocycles. The number of carboxylic acid groups (broad SMARTS) is 1. The molecule has 7 rings (SSSR count). The lowest BCUT2D eigenvalue weighted by Gasteiger charge is -2.41. The lowest BCUT2D eigenvalue weighted by molar-refractivity contribution is -0.128. The lowest BCUT2D eigenvalue weighted by atomic mass is 9.71. The van der Waals surface area contributed by atoms with E-state index in [0.717, 1.165) is 5.56 Å². The van der Waals surface area contributed by atoms with E-state index >= 15 is 4.39 Å². The van der Waals surface area contributed by atoms with Crippen LogP contribution in [0.15, 0.2) is 84.9 Å². The van der Waals surface area contributed by atoms with E-state index in [1.165, 1.54) is 18.2 Å². The summed E-state index contributed by atoms with van der Waals surface area (Å²) in [5, 5.41) is 12.7. The average Bonchev–Trinajstić information content (AvgIpc) is 3.62. The summed E-state index contributed by atoms with van der Waals surface area (Å²) in [4.78, 5) is 44.2. The summed E-state index contributed by atoms with van der Waals surface area (Å²) < 4.78 is 21.9. The highest BCUT2D eigenvalue weighted by Crippen LogP contribution is 2.62. The summed E-state index contributed by atoms with van der Waals surface area (Å²) in [5.74, 6) is -3.67. The number of amides is 2. The van der Waals surface area contributed by atoms with Crippen LogP contribution in [0.25, 0.3) is 0 Å². The number of likely N-dealkylation sites (tertiary alicyclic amines) is 1. The predicted octanol–water partition coefficient (Wildman–Crippen LogP) is 6.71. The maximum absolute atomic E-state index is 16.2. The van der Waals surface area contributed by atoms with Gasteiger partial charge >= 0.3 is 5.97 Å². The van der Waals surface area contributed by atoms with Gasteiger partial charge in [-0.3, -0.25) is 14.5 Å². The first kappa shape index (κ1) is 30.2. The zero-order valence-electron chi connectivity index (χ0n) is 24.5. The number of carbonyl (C=O) groups excluding carboxylic acids is 2. The fourth-order valence-electron chi connectivity index (χ4n) is 7.51. The van der Waals surface area contributed by atoms with E-state index in [1.54, 1.807) is 47.4 Å². The van der Waals surface area contributed by atoms with E-state index in [4.69, 9.17) is 27.9 Å². The molecule has 0 aromatic heterocycles. The number of ether oxygens (including phenoxy) is 1. The summed E-state index contributed by atoms with van der Waals surface area (Å²) in [5.41, 5.74) is 1.16. The molecule has 4 aromatic rings. The number of anilines is 2. The number of hydrogen-bond acceptors (Lipinski definition) is 5. The first-order valence-electron chi connectivity index (χ1n) is 14.8. The van der Waals surface area contributed by atoms with Gasteiger partial charge in [-0.1, -0.05) is 53.5 Å². The Hall–Kier alpha value is -4.44. The lowest BCUT2D eigenvalue weighted by Crippen LogP contribution is -2.53. The molecule has 2 N–H and O–H groups in total. The third kappa shape index (κ3) is 4.56. The van der Waals surface area contributed by atoms with E-state index in [1.807, 2.05) is 36.1 Å². The van der Waals surface area contributed by atoms with E-state index in [-0.39, 0.29) is 35.1 Å². The largest absolute Gasteiger partial charge is 0.494 e. The van der Waals surface area contributed by atoms with Crippen molar-refractivity contribution in [1.82, 2.24) is 4.90 Å². The Bertz CT molecular complexity index is 1900. The number of nitrogens with zero attached hydrogens (tertiary/aromatic N) is 2. The van der Waals surface area contributed by atoms with Crippen LogP contribution in [0.4, 0.5) is 15.8 Å². The minimum absolute atomic E-state index is 0.0853. The van der Waals surface area contributed by atoms with Crippen molar-refractivity contribution in [2.45, 2.75) is 31.0 Å². The van der Waals surface area contributed by atoms with Gasteiger partial charge in [0.1, 0.15) is 17.1 Å². The molecule has 3 heterocycles. The van der Waals surface area contributed by atoms with Crippen molar-refractivity contribution in [3.63, 3.8) is 0 Å². The van der Waals surface area contributed by atoms with E-state index < -0.39 is 41.1 Å². The minimum atomic E-state index is -1.50. The monoisotopic (exact) mass is 659 g/mol. The Morgan fingerprint density at radius 3 is 2.54 bits per heavy atom. The summed E-state index contributed by atoms with van der Waals surface area (Å²) in [7, 11) is 0. The number of carbonyl (C=O) groups is 3. The molecule has 1 spiro atoms. The van der Waals surface area contributed by atoms with Gasteiger partial charge in [-0.05, 0) is 72.6 Å². The van der Waals surface area contributed by atoms with Gasteiger partial charge < -0.3 is 20.1 Å². The van der Waals surface area contributed by atoms with Crippen molar-refractivity contribution in [2.24, 2.45) is 5.92 Å². The predicted molar refractivity (Wildman–Crippen MR) is 172 cm³/mol. The van der Waals surface area contributed by atoms with Gasteiger partial charge in [0.25, 0.3) is 0 Å². The van der Waals surface area contributed by atoms with Gasteiger partial charge in [-0.15, -0.1) is 0 Å². The molecule has 234 valence electrons. The molecule has 0 saturated carbocycles. The summed E-state index contributed by atoms with van der Waals surface area (Å²) >= 11 is 12.7. The number of halogens is 3. The van der Waals surface area contributed by atoms with E-state index in [0.29, 0.717) is 34.3 Å². The third-order valence-corrected chi connectivity index (χ3v) is 9.82. The number of fused-ring (bicyclic) bond motifs is 3. The van der Waals surface area contributed by atoms with Gasteiger partial charge in [0, 0.05) is 47.0 Å². The molecule has 0 bridgehead atoms. The highest BCUT2D eigenvalue weighted by molar-refractivity contribution is 6.31. The van der Waals surface area contributed by atoms with Crippen LogP contribution >= 0.6 is 23.2 Å². The second-order valence-corrected chi connectivity index (χ2v) is 12.5. The summed E-state index contributed by atoms with van der Waals surface area (Å²) in [6, 6.07) is 22.8. The molecular weight excluding hydrogens is 632 g/mol. The molecule has 2 fully saturated rings. The number of hydrogen-bond donors (Lipinski definition) is 2. The van der Waals surface area contributed by atoms with Crippen LogP contribution in [0.5, 0.6) is 5.75 Å². The van der Waals surface area contributed by atoms with Crippen molar-refractivity contribution in [3.8, 4) is 5.75 Å². The SMILES string of the molecule is CCOc1cccc(CN2[C@H]3CN(c4ccc(C(=O)O)cc4)C(=O)[C@H]3[C@H](c3cccc(Cl)c3F)[C@]23C(=O)Nc2cc(Cl)ccc23)c1. The van der Waals surface area contributed by atoms with Crippen LogP contribution in [0.1, 0.15) is 39.9 Å². The first-order valence-corrected chi connectivity index (χ1v) is 15.6. The van der Waals surface area contributed by atoms with Crippen molar-refractivity contribution in [1.29, 1.82) is 0 Å².